The molecule has 0 aliphatic carbocycles. The molecule has 83 heavy (non-hydrogen) atoms. The fourth-order valence-corrected chi connectivity index (χ4v) is 14.2. The summed E-state index contributed by atoms with van der Waals surface area (Å²) in [5, 5.41) is 40.2. The van der Waals surface area contributed by atoms with Crippen molar-refractivity contribution in [3.8, 4) is 46.0 Å². The molecule has 0 aliphatic heterocycles. The topological polar surface area (TPSA) is 80.4 Å². The Morgan fingerprint density at radius 2 is 0.699 bits per heavy atom. The van der Waals surface area contributed by atoms with Crippen molar-refractivity contribution < 1.29 is 4.42 Å². The molecule has 0 amide bonds. The van der Waals surface area contributed by atoms with Crippen molar-refractivity contribution in [3.63, 3.8) is 0 Å². The second kappa shape index (κ2) is 16.9. The number of rotatable bonds is 5. The zero-order valence-corrected chi connectivity index (χ0v) is 44.3. The van der Waals surface area contributed by atoms with Crippen LogP contribution in [0.3, 0.4) is 0 Å². The van der Waals surface area contributed by atoms with Crippen LogP contribution < -0.4 is 0 Å². The van der Waals surface area contributed by atoms with Gasteiger partial charge in [-0.05, 0) is 87.3 Å². The largest absolute Gasteiger partial charge is 0.454 e. The lowest BCUT2D eigenvalue weighted by molar-refractivity contribution is 0.671. The predicted octanol–water partition coefficient (Wildman–Crippen LogP) is 19.7. The molecular formula is C76H42N6O. The van der Waals surface area contributed by atoms with E-state index in [1.165, 1.54) is 10.8 Å². The lowest BCUT2D eigenvalue weighted by Crippen LogP contribution is -2.17. The first-order valence-electron chi connectivity index (χ1n) is 28.0. The highest BCUT2D eigenvalue weighted by molar-refractivity contribution is 6.24. The molecule has 382 valence electrons. The molecule has 13 aromatic carbocycles. The van der Waals surface area contributed by atoms with E-state index in [1.807, 2.05) is 24.3 Å². The molecule has 0 radical (unpaired) electrons. The van der Waals surface area contributed by atoms with Crippen LogP contribution in [0, 0.1) is 22.7 Å². The number of hydrogen-bond donors (Lipinski definition) is 0. The molecule has 7 heteroatoms. The van der Waals surface area contributed by atoms with E-state index in [9.17, 15) is 10.5 Å². The van der Waals surface area contributed by atoms with Gasteiger partial charge in [0, 0.05) is 53.9 Å². The van der Waals surface area contributed by atoms with Gasteiger partial charge in [0.2, 0.25) is 0 Å². The molecule has 0 saturated heterocycles. The molecule has 18 aromatic rings. The SMILES string of the molecule is N#Cc1c(-n2c3ccccc3c3ccccc32)c(C#N)c(-n2c3ccccc3c3ccccc32)c(-n2c3cc(-c4cccc5ccc6ccccc6c45)ccc3c3ccc4c5ccccc5oc4c32)c1-n1c2ccccc2c2ccccc21. The molecule has 0 bridgehead atoms. The average molecular weight is 1060 g/mol. The van der Waals surface area contributed by atoms with Crippen LogP contribution in [0.15, 0.2) is 259 Å². The highest BCUT2D eigenvalue weighted by Gasteiger charge is 2.35. The van der Waals surface area contributed by atoms with E-state index in [1.54, 1.807) is 0 Å². The van der Waals surface area contributed by atoms with Crippen LogP contribution >= 0.6 is 0 Å². The molecule has 0 atom stereocenters. The molecule has 5 aromatic heterocycles. The number of para-hydroxylation sites is 7. The highest BCUT2D eigenvalue weighted by Crippen LogP contribution is 2.51. The summed E-state index contributed by atoms with van der Waals surface area (Å²) in [6.45, 7) is 0. The van der Waals surface area contributed by atoms with Crippen LogP contribution in [0.5, 0.6) is 0 Å². The summed E-state index contributed by atoms with van der Waals surface area (Å²) >= 11 is 0. The number of furan rings is 1. The molecule has 0 spiro atoms. The maximum Gasteiger partial charge on any atom is 0.160 e. The van der Waals surface area contributed by atoms with Crippen molar-refractivity contribution in [3.05, 3.63) is 266 Å². The first-order valence-corrected chi connectivity index (χ1v) is 28.0. The third kappa shape index (κ3) is 6.04. The second-order valence-corrected chi connectivity index (χ2v) is 21.7. The molecule has 0 N–H and O–H groups in total. The third-order valence-corrected chi connectivity index (χ3v) is 17.6. The van der Waals surface area contributed by atoms with Gasteiger partial charge in [-0.3, -0.25) is 0 Å². The summed E-state index contributed by atoms with van der Waals surface area (Å²) < 4.78 is 16.4. The van der Waals surface area contributed by atoms with E-state index in [0.717, 1.165) is 125 Å². The van der Waals surface area contributed by atoms with Gasteiger partial charge in [0.25, 0.3) is 0 Å². The van der Waals surface area contributed by atoms with Crippen LogP contribution in [0.25, 0.3) is 165 Å². The highest BCUT2D eigenvalue weighted by atomic mass is 16.3. The predicted molar refractivity (Wildman–Crippen MR) is 341 cm³/mol. The van der Waals surface area contributed by atoms with Gasteiger partial charge in [0.1, 0.15) is 28.8 Å². The van der Waals surface area contributed by atoms with E-state index in [-0.39, 0.29) is 0 Å². The van der Waals surface area contributed by atoms with Crippen LogP contribution in [0.1, 0.15) is 11.1 Å². The molecule has 7 nitrogen and oxygen atoms in total. The number of hydrogen-bond acceptors (Lipinski definition) is 3. The minimum atomic E-state index is 0.336. The molecule has 0 aliphatic rings. The minimum Gasteiger partial charge on any atom is -0.454 e. The molecule has 0 unspecified atom stereocenters. The Hall–Kier alpha value is -11.6. The maximum absolute atomic E-state index is 12.7. The molecule has 5 heterocycles. The lowest BCUT2D eigenvalue weighted by Gasteiger charge is -2.27. The minimum absolute atomic E-state index is 0.336. The van der Waals surface area contributed by atoms with E-state index >= 15 is 0 Å². The summed E-state index contributed by atoms with van der Waals surface area (Å²) in [7, 11) is 0. The van der Waals surface area contributed by atoms with Gasteiger partial charge < -0.3 is 22.7 Å². The normalized spacial score (nSPS) is 12.1. The monoisotopic (exact) mass is 1050 g/mol. The van der Waals surface area contributed by atoms with Gasteiger partial charge >= 0.3 is 0 Å². The Morgan fingerprint density at radius 3 is 1.23 bits per heavy atom. The first kappa shape index (κ1) is 45.2. The average Bonchev–Trinajstić information content (AvgIpc) is 2.07. The van der Waals surface area contributed by atoms with Gasteiger partial charge in [0.05, 0.1) is 66.9 Å². The third-order valence-electron chi connectivity index (χ3n) is 17.6. The van der Waals surface area contributed by atoms with Crippen LogP contribution in [0.4, 0.5) is 0 Å². The fraction of sp³-hybridized carbons (Fsp3) is 0. The van der Waals surface area contributed by atoms with E-state index in [0.29, 0.717) is 39.5 Å². The van der Waals surface area contributed by atoms with Crippen molar-refractivity contribution in [1.29, 1.82) is 10.5 Å². The summed E-state index contributed by atoms with van der Waals surface area (Å²) in [6, 6.07) is 95.6. The first-order chi connectivity index (χ1) is 41.2. The van der Waals surface area contributed by atoms with Crippen molar-refractivity contribution in [2.24, 2.45) is 0 Å². The van der Waals surface area contributed by atoms with Gasteiger partial charge in [-0.25, -0.2) is 0 Å². The van der Waals surface area contributed by atoms with Crippen LogP contribution in [-0.4, -0.2) is 18.3 Å². The number of fused-ring (bicyclic) bond motifs is 19. The van der Waals surface area contributed by atoms with Crippen molar-refractivity contribution in [2.45, 2.75) is 0 Å². The summed E-state index contributed by atoms with van der Waals surface area (Å²) in [6.07, 6.45) is 0. The zero-order chi connectivity index (χ0) is 54.6. The number of aromatic nitrogens is 4. The number of benzene rings is 13. The number of nitrogens with zero attached hydrogens (tertiary/aromatic N) is 6. The summed E-state index contributed by atoms with van der Waals surface area (Å²) in [5.41, 5.74) is 13.7. The fourth-order valence-electron chi connectivity index (χ4n) is 14.2. The van der Waals surface area contributed by atoms with Gasteiger partial charge in [-0.2, -0.15) is 10.5 Å². The molecule has 0 fully saturated rings. The van der Waals surface area contributed by atoms with Crippen LogP contribution in [0.2, 0.25) is 0 Å². The molecular weight excluding hydrogens is 1010 g/mol. The van der Waals surface area contributed by atoms with E-state index < -0.39 is 0 Å². The second-order valence-electron chi connectivity index (χ2n) is 21.7. The molecule has 18 rings (SSSR count). The van der Waals surface area contributed by atoms with E-state index in [2.05, 4.69) is 261 Å². The summed E-state index contributed by atoms with van der Waals surface area (Å²) in [5.74, 6) is 0. The standard InChI is InChI=1S/C76H42N6O/c77-43-60-71(79-62-29-10-3-21-50(62)51-22-4-11-30-63(51)79)61(44-78)73(81-66-33-14-7-25-54(66)55-26-8-15-34-67(55)81)75(72(60)80-64-31-12-5-23-52(64)53-24-6-13-32-65(53)80)82-68-42-47(49-28-17-19-46-37-36-45-18-1-2-20-48(45)70(46)49)38-39-56(68)58-40-41-59-57-27-9-16-35-69(57)83-76(59)74(58)82/h1-42H. The maximum atomic E-state index is 12.7. The van der Waals surface area contributed by atoms with Crippen molar-refractivity contribution in [1.82, 2.24) is 18.3 Å². The smallest absolute Gasteiger partial charge is 0.160 e. The quantitative estimate of drug-likeness (QED) is 0.161. The van der Waals surface area contributed by atoms with Crippen LogP contribution in [-0.2, 0) is 0 Å². The van der Waals surface area contributed by atoms with Gasteiger partial charge in [-0.15, -0.1) is 0 Å². The zero-order valence-electron chi connectivity index (χ0n) is 44.3. The molecule has 0 saturated carbocycles. The summed E-state index contributed by atoms with van der Waals surface area (Å²) in [4.78, 5) is 0. The Labute approximate surface area is 473 Å². The Balaban J connectivity index is 1.15. The Kier molecular flexibility index (Phi) is 9.23. The lowest BCUT2D eigenvalue weighted by atomic mass is 9.93. The Bertz CT molecular complexity index is 5670. The van der Waals surface area contributed by atoms with Gasteiger partial charge in [-0.1, -0.05) is 200 Å². The number of nitriles is 2. The van der Waals surface area contributed by atoms with Crippen molar-refractivity contribution in [2.75, 3.05) is 0 Å². The van der Waals surface area contributed by atoms with Gasteiger partial charge in [0.15, 0.2) is 5.58 Å². The Morgan fingerprint density at radius 1 is 0.289 bits per heavy atom. The van der Waals surface area contributed by atoms with E-state index in [4.69, 9.17) is 4.42 Å². The van der Waals surface area contributed by atoms with Crippen molar-refractivity contribution >= 4 is 131 Å².